The molecule has 1 unspecified atom stereocenters. The van der Waals surface area contributed by atoms with Crippen LogP contribution in [0, 0.1) is 5.82 Å². The van der Waals surface area contributed by atoms with Crippen molar-refractivity contribution >= 4 is 16.9 Å². The van der Waals surface area contributed by atoms with E-state index in [4.69, 9.17) is 9.72 Å². The zero-order valence-electron chi connectivity index (χ0n) is 20.5. The minimum absolute atomic E-state index is 0.242. The number of imidazole rings is 1. The van der Waals surface area contributed by atoms with Crippen LogP contribution >= 0.6 is 0 Å². The number of pyridine rings is 1. The van der Waals surface area contributed by atoms with Gasteiger partial charge in [0, 0.05) is 29.9 Å². The number of carbonyl (C=O) groups is 1. The van der Waals surface area contributed by atoms with Crippen molar-refractivity contribution in [3.8, 4) is 34.1 Å². The molecule has 1 fully saturated rings. The number of nitrogens with zero attached hydrogens (tertiary/aromatic N) is 3. The van der Waals surface area contributed by atoms with Gasteiger partial charge in [0.05, 0.1) is 17.1 Å². The highest BCUT2D eigenvalue weighted by Crippen LogP contribution is 2.41. The zero-order valence-corrected chi connectivity index (χ0v) is 20.5. The molecule has 1 amide bonds. The Kier molecular flexibility index (Phi) is 6.31. The lowest BCUT2D eigenvalue weighted by Crippen LogP contribution is -2.32. The molecule has 1 atom stereocenters. The number of amides is 1. The molecule has 7 nitrogen and oxygen atoms in total. The number of aliphatic hydroxyl groups is 1. The highest BCUT2D eigenvalue weighted by molar-refractivity contribution is 5.83. The van der Waals surface area contributed by atoms with Crippen LogP contribution in [0.15, 0.2) is 85.1 Å². The van der Waals surface area contributed by atoms with Gasteiger partial charge in [0.25, 0.3) is 0 Å². The molecule has 1 aliphatic heterocycles. The van der Waals surface area contributed by atoms with E-state index in [0.29, 0.717) is 34.9 Å². The van der Waals surface area contributed by atoms with Crippen LogP contribution in [0.4, 0.5) is 4.39 Å². The van der Waals surface area contributed by atoms with Crippen LogP contribution in [0.25, 0.3) is 33.7 Å². The highest BCUT2D eigenvalue weighted by Gasteiger charge is 2.32. The van der Waals surface area contributed by atoms with Gasteiger partial charge in [-0.2, -0.15) is 0 Å². The molecule has 1 aliphatic rings. The maximum Gasteiger partial charge on any atom is 0.248 e. The fourth-order valence-corrected chi connectivity index (χ4v) is 5.03. The van der Waals surface area contributed by atoms with Gasteiger partial charge in [0.1, 0.15) is 29.6 Å². The molecule has 8 heteroatoms. The van der Waals surface area contributed by atoms with Crippen molar-refractivity contribution in [2.45, 2.75) is 18.9 Å². The van der Waals surface area contributed by atoms with Crippen LogP contribution in [-0.2, 0) is 4.79 Å². The third-order valence-electron chi connectivity index (χ3n) is 6.86. The first-order chi connectivity index (χ1) is 18.6. The molecular formula is C30H25FN4O3. The number of H-pyrrole nitrogens is 1. The Balaban J connectivity index is 1.40. The second-order valence-corrected chi connectivity index (χ2v) is 9.22. The molecule has 6 rings (SSSR count). The van der Waals surface area contributed by atoms with Crippen molar-refractivity contribution in [3.05, 3.63) is 96.4 Å². The zero-order chi connectivity index (χ0) is 26.1. The number of rotatable bonds is 6. The minimum atomic E-state index is -0.541. The first kappa shape index (κ1) is 23.8. The Morgan fingerprint density at radius 2 is 1.89 bits per heavy atom. The Bertz CT molecular complexity index is 1600. The topological polar surface area (TPSA) is 91.3 Å². The molecule has 1 saturated heterocycles. The van der Waals surface area contributed by atoms with Gasteiger partial charge in [0.2, 0.25) is 5.91 Å². The lowest BCUT2D eigenvalue weighted by molar-refractivity contribution is -0.135. The number of aromatic amines is 1. The van der Waals surface area contributed by atoms with E-state index >= 15 is 0 Å². The first-order valence-electron chi connectivity index (χ1n) is 12.5. The number of hydrogen-bond donors (Lipinski definition) is 2. The van der Waals surface area contributed by atoms with Crippen LogP contribution in [0.1, 0.15) is 24.4 Å². The van der Waals surface area contributed by atoms with Crippen molar-refractivity contribution in [2.24, 2.45) is 0 Å². The monoisotopic (exact) mass is 508 g/mol. The van der Waals surface area contributed by atoms with Crippen molar-refractivity contribution in [3.63, 3.8) is 0 Å². The van der Waals surface area contributed by atoms with Gasteiger partial charge in [-0.15, -0.1) is 0 Å². The van der Waals surface area contributed by atoms with Gasteiger partial charge in [0.15, 0.2) is 5.82 Å². The average molecular weight is 509 g/mol. The molecule has 2 N–H and O–H groups in total. The van der Waals surface area contributed by atoms with Gasteiger partial charge in [-0.05, 0) is 54.8 Å². The number of aliphatic hydroxyl groups excluding tert-OH is 1. The van der Waals surface area contributed by atoms with Crippen LogP contribution in [0.5, 0.6) is 11.5 Å². The number of hydrogen-bond acceptors (Lipinski definition) is 5. The average Bonchev–Trinajstić information content (AvgIpc) is 3.61. The molecule has 0 aliphatic carbocycles. The predicted octanol–water partition coefficient (Wildman–Crippen LogP) is 5.88. The predicted molar refractivity (Wildman–Crippen MR) is 142 cm³/mol. The van der Waals surface area contributed by atoms with Crippen molar-refractivity contribution in [2.75, 3.05) is 13.2 Å². The van der Waals surface area contributed by atoms with Crippen LogP contribution in [-0.4, -0.2) is 44.0 Å². The number of nitrogens with one attached hydrogen (secondary N) is 1. The summed E-state index contributed by atoms with van der Waals surface area (Å²) in [6.45, 7) is 0.0291. The second-order valence-electron chi connectivity index (χ2n) is 9.22. The van der Waals surface area contributed by atoms with Gasteiger partial charge in [-0.1, -0.05) is 36.4 Å². The summed E-state index contributed by atoms with van der Waals surface area (Å²) in [7, 11) is 0. The number of ether oxygens (including phenoxy) is 1. The summed E-state index contributed by atoms with van der Waals surface area (Å²) in [6, 6.07) is 23.1. The molecule has 5 aromatic rings. The van der Waals surface area contributed by atoms with E-state index in [1.165, 1.54) is 6.07 Å². The molecule has 2 aromatic heterocycles. The third kappa shape index (κ3) is 4.50. The molecule has 38 heavy (non-hydrogen) atoms. The Morgan fingerprint density at radius 1 is 1.08 bits per heavy atom. The summed E-state index contributed by atoms with van der Waals surface area (Å²) in [5, 5.41) is 9.53. The van der Waals surface area contributed by atoms with E-state index in [9.17, 15) is 14.3 Å². The Hall–Kier alpha value is -4.56. The lowest BCUT2D eigenvalue weighted by atomic mass is 10.0. The highest BCUT2D eigenvalue weighted by atomic mass is 19.1. The Morgan fingerprint density at radius 3 is 2.66 bits per heavy atom. The molecular weight excluding hydrogens is 483 g/mol. The quantitative estimate of drug-likeness (QED) is 0.299. The third-order valence-corrected chi connectivity index (χ3v) is 6.86. The molecule has 0 spiro atoms. The molecule has 0 saturated carbocycles. The standard InChI is InChI=1S/C30H25FN4O3/c31-23-7-2-1-6-21(23)19-10-12-20(13-11-19)38-28-17-26-25(33-30(34-26)24-8-3-4-14-32-24)16-22(28)27-9-5-15-35(27)29(37)18-36/h1-4,6-8,10-14,16-17,27,36H,5,9,15,18H2,(H,33,34). The van der Waals surface area contributed by atoms with E-state index in [2.05, 4.69) is 9.97 Å². The second kappa shape index (κ2) is 10.1. The molecule has 3 heterocycles. The first-order valence-corrected chi connectivity index (χ1v) is 12.5. The van der Waals surface area contributed by atoms with Gasteiger partial charge in [-0.25, -0.2) is 9.37 Å². The van der Waals surface area contributed by atoms with E-state index < -0.39 is 6.61 Å². The summed E-state index contributed by atoms with van der Waals surface area (Å²) >= 11 is 0. The molecule has 3 aromatic carbocycles. The van der Waals surface area contributed by atoms with Crippen LogP contribution in [0.3, 0.4) is 0 Å². The SMILES string of the molecule is O=C(CO)N1CCCC1c1cc2[nH]c(-c3ccccn3)nc2cc1Oc1ccc(-c2ccccc2F)cc1. The van der Waals surface area contributed by atoms with Crippen LogP contribution < -0.4 is 4.74 Å². The fraction of sp³-hybridized carbons (Fsp3) is 0.167. The molecule has 0 bridgehead atoms. The van der Waals surface area contributed by atoms with Crippen molar-refractivity contribution in [1.82, 2.24) is 19.9 Å². The number of likely N-dealkylation sites (tertiary alicyclic amines) is 1. The van der Waals surface area contributed by atoms with E-state index in [-0.39, 0.29) is 17.8 Å². The normalized spacial score (nSPS) is 15.2. The summed E-state index contributed by atoms with van der Waals surface area (Å²) in [5.74, 6) is 1.17. The number of aromatic nitrogens is 3. The summed E-state index contributed by atoms with van der Waals surface area (Å²) in [6.07, 6.45) is 3.29. The van der Waals surface area contributed by atoms with E-state index in [1.807, 2.05) is 42.5 Å². The largest absolute Gasteiger partial charge is 0.457 e. The number of benzene rings is 3. The van der Waals surface area contributed by atoms with Gasteiger partial charge >= 0.3 is 0 Å². The maximum absolute atomic E-state index is 14.3. The number of fused-ring (bicyclic) bond motifs is 1. The number of halogens is 1. The van der Waals surface area contributed by atoms with Crippen molar-refractivity contribution < 1.29 is 19.0 Å². The summed E-state index contributed by atoms with van der Waals surface area (Å²) < 4.78 is 20.6. The van der Waals surface area contributed by atoms with Crippen LogP contribution in [0.2, 0.25) is 0 Å². The Labute approximate surface area is 218 Å². The van der Waals surface area contributed by atoms with Crippen molar-refractivity contribution in [1.29, 1.82) is 0 Å². The van der Waals surface area contributed by atoms with Gasteiger partial charge in [-0.3, -0.25) is 9.78 Å². The minimum Gasteiger partial charge on any atom is -0.457 e. The fourth-order valence-electron chi connectivity index (χ4n) is 5.03. The van der Waals surface area contributed by atoms with E-state index in [1.54, 1.807) is 41.4 Å². The molecule has 0 radical (unpaired) electrons. The molecule has 190 valence electrons. The van der Waals surface area contributed by atoms with E-state index in [0.717, 1.165) is 35.2 Å². The smallest absolute Gasteiger partial charge is 0.248 e. The lowest BCUT2D eigenvalue weighted by Gasteiger charge is -2.26. The summed E-state index contributed by atoms with van der Waals surface area (Å²) in [4.78, 5) is 26.6. The summed E-state index contributed by atoms with van der Waals surface area (Å²) in [5.41, 5.74) is 4.30. The maximum atomic E-state index is 14.3. The number of carbonyl (C=O) groups excluding carboxylic acids is 1. The van der Waals surface area contributed by atoms with Gasteiger partial charge < -0.3 is 19.7 Å².